The molecule has 0 saturated heterocycles. The van der Waals surface area contributed by atoms with Gasteiger partial charge in [-0.15, -0.1) is 0 Å². The van der Waals surface area contributed by atoms with Crippen molar-refractivity contribution in [2.75, 3.05) is 7.05 Å². The van der Waals surface area contributed by atoms with Gasteiger partial charge in [-0.2, -0.15) is 0 Å². The summed E-state index contributed by atoms with van der Waals surface area (Å²) in [6.45, 7) is 1.15. The van der Waals surface area contributed by atoms with Gasteiger partial charge in [0.25, 0.3) is 5.91 Å². The van der Waals surface area contributed by atoms with Crippen LogP contribution in [0.3, 0.4) is 0 Å². The number of hydrogen-bond donors (Lipinski definition) is 1. The Morgan fingerprint density at radius 2 is 1.86 bits per heavy atom. The molecule has 0 spiro atoms. The molecule has 0 aromatic heterocycles. The summed E-state index contributed by atoms with van der Waals surface area (Å²) in [5.41, 5.74) is 12.5. The standard InChI is InChI=1S/C30H32N4O2/c1-33(26-11-3-2-4-12-26)29(36)23-10-7-8-21(16-23)18-34-19-25-17-22(14-15-28(25)32-30(34)31)27-13-6-5-9-24(27)20-35/h5-10,13-17,20,26H,2-4,11-12,18-19H2,1H3,(H2,31,32). The SMILES string of the molecule is CN(C(=O)c1cccc(CN2Cc3cc(-c4ccccc4C=O)ccc3N=C2N)c1)C1CCCCC1. The van der Waals surface area contributed by atoms with E-state index in [2.05, 4.69) is 11.1 Å². The van der Waals surface area contributed by atoms with Crippen LogP contribution in [0.4, 0.5) is 5.69 Å². The molecule has 0 atom stereocenters. The van der Waals surface area contributed by atoms with Gasteiger partial charge in [0.2, 0.25) is 0 Å². The number of aliphatic imine (C=N–C) groups is 1. The third kappa shape index (κ3) is 4.89. The zero-order valence-corrected chi connectivity index (χ0v) is 20.7. The molecule has 2 aliphatic rings. The van der Waals surface area contributed by atoms with E-state index in [0.717, 1.165) is 47.1 Å². The first-order chi connectivity index (χ1) is 17.5. The molecule has 6 heteroatoms. The number of rotatable bonds is 6. The topological polar surface area (TPSA) is 79.0 Å². The zero-order chi connectivity index (χ0) is 25.1. The fourth-order valence-electron chi connectivity index (χ4n) is 5.33. The molecular weight excluding hydrogens is 448 g/mol. The van der Waals surface area contributed by atoms with Crippen molar-refractivity contribution in [1.82, 2.24) is 9.80 Å². The first-order valence-electron chi connectivity index (χ1n) is 12.7. The van der Waals surface area contributed by atoms with Crippen LogP contribution in [-0.2, 0) is 13.1 Å². The molecule has 1 aliphatic carbocycles. The van der Waals surface area contributed by atoms with Gasteiger partial charge in [-0.05, 0) is 59.4 Å². The number of carbonyl (C=O) groups is 2. The first-order valence-corrected chi connectivity index (χ1v) is 12.7. The highest BCUT2D eigenvalue weighted by atomic mass is 16.2. The molecule has 0 radical (unpaired) electrons. The number of aldehydes is 1. The second-order valence-electron chi connectivity index (χ2n) is 9.78. The minimum absolute atomic E-state index is 0.0767. The average Bonchev–Trinajstić information content (AvgIpc) is 2.93. The van der Waals surface area contributed by atoms with Crippen molar-refractivity contribution in [3.05, 3.63) is 89.0 Å². The average molecular weight is 481 g/mol. The quantitative estimate of drug-likeness (QED) is 0.470. The second-order valence-corrected chi connectivity index (χ2v) is 9.78. The van der Waals surface area contributed by atoms with Crippen LogP contribution in [0, 0.1) is 0 Å². The predicted octanol–water partition coefficient (Wildman–Crippen LogP) is 5.53. The minimum atomic E-state index is 0.0767. The summed E-state index contributed by atoms with van der Waals surface area (Å²) in [7, 11) is 1.93. The van der Waals surface area contributed by atoms with Gasteiger partial charge >= 0.3 is 0 Å². The number of benzene rings is 3. The van der Waals surface area contributed by atoms with Crippen LogP contribution >= 0.6 is 0 Å². The van der Waals surface area contributed by atoms with Gasteiger partial charge in [0.15, 0.2) is 12.2 Å². The van der Waals surface area contributed by atoms with Gasteiger partial charge in [0, 0.05) is 37.3 Å². The smallest absolute Gasteiger partial charge is 0.253 e. The van der Waals surface area contributed by atoms with Crippen LogP contribution < -0.4 is 5.73 Å². The summed E-state index contributed by atoms with van der Waals surface area (Å²) in [5, 5.41) is 0. The highest BCUT2D eigenvalue weighted by Crippen LogP contribution is 2.32. The molecule has 36 heavy (non-hydrogen) atoms. The van der Waals surface area contributed by atoms with Crippen molar-refractivity contribution in [2.24, 2.45) is 10.7 Å². The van der Waals surface area contributed by atoms with Gasteiger partial charge in [-0.25, -0.2) is 4.99 Å². The van der Waals surface area contributed by atoms with Gasteiger partial charge in [0.05, 0.1) is 5.69 Å². The molecule has 5 rings (SSSR count). The summed E-state index contributed by atoms with van der Waals surface area (Å²) in [6, 6.07) is 21.8. The Hall–Kier alpha value is -3.93. The van der Waals surface area contributed by atoms with Gasteiger partial charge < -0.3 is 15.5 Å². The molecule has 6 nitrogen and oxygen atoms in total. The van der Waals surface area contributed by atoms with E-state index in [4.69, 9.17) is 5.73 Å². The third-order valence-corrected chi connectivity index (χ3v) is 7.39. The maximum Gasteiger partial charge on any atom is 0.253 e. The van der Waals surface area contributed by atoms with Crippen LogP contribution in [0.2, 0.25) is 0 Å². The van der Waals surface area contributed by atoms with E-state index in [1.54, 1.807) is 0 Å². The van der Waals surface area contributed by atoms with Crippen molar-refractivity contribution in [1.29, 1.82) is 0 Å². The van der Waals surface area contributed by atoms with Crippen LogP contribution in [0.15, 0.2) is 71.7 Å². The Kier molecular flexibility index (Phi) is 6.85. The summed E-state index contributed by atoms with van der Waals surface area (Å²) < 4.78 is 0. The largest absolute Gasteiger partial charge is 0.369 e. The fourth-order valence-corrected chi connectivity index (χ4v) is 5.33. The van der Waals surface area contributed by atoms with Gasteiger partial charge in [-0.3, -0.25) is 9.59 Å². The summed E-state index contributed by atoms with van der Waals surface area (Å²) in [4.78, 5) is 33.3. The van der Waals surface area contributed by atoms with Crippen LogP contribution in [0.5, 0.6) is 0 Å². The number of fused-ring (bicyclic) bond motifs is 1. The van der Waals surface area contributed by atoms with Crippen molar-refractivity contribution >= 4 is 23.8 Å². The van der Waals surface area contributed by atoms with E-state index >= 15 is 0 Å². The lowest BCUT2D eigenvalue weighted by Gasteiger charge is -2.31. The Morgan fingerprint density at radius 3 is 2.67 bits per heavy atom. The molecule has 1 aliphatic heterocycles. The normalized spacial score (nSPS) is 15.7. The molecule has 1 saturated carbocycles. The summed E-state index contributed by atoms with van der Waals surface area (Å²) in [6.07, 6.45) is 6.71. The highest BCUT2D eigenvalue weighted by Gasteiger charge is 2.24. The van der Waals surface area contributed by atoms with Crippen molar-refractivity contribution in [3.63, 3.8) is 0 Å². The van der Waals surface area contributed by atoms with E-state index in [-0.39, 0.29) is 5.91 Å². The summed E-state index contributed by atoms with van der Waals surface area (Å²) >= 11 is 0. The van der Waals surface area contributed by atoms with Crippen LogP contribution in [-0.4, -0.2) is 41.0 Å². The molecule has 1 heterocycles. The van der Waals surface area contributed by atoms with E-state index in [9.17, 15) is 9.59 Å². The molecule has 0 bridgehead atoms. The predicted molar refractivity (Wildman–Crippen MR) is 143 cm³/mol. The summed E-state index contributed by atoms with van der Waals surface area (Å²) in [5.74, 6) is 0.535. The Bertz CT molecular complexity index is 1310. The minimum Gasteiger partial charge on any atom is -0.369 e. The zero-order valence-electron chi connectivity index (χ0n) is 20.7. The first kappa shape index (κ1) is 23.8. The Morgan fingerprint density at radius 1 is 1.06 bits per heavy atom. The van der Waals surface area contributed by atoms with Crippen molar-refractivity contribution in [3.8, 4) is 11.1 Å². The molecule has 1 fully saturated rings. The highest BCUT2D eigenvalue weighted by molar-refractivity contribution is 5.94. The lowest BCUT2D eigenvalue weighted by molar-refractivity contribution is 0.0696. The van der Waals surface area contributed by atoms with Gasteiger partial charge in [0.1, 0.15) is 0 Å². The Labute approximate surface area is 212 Å². The Balaban J connectivity index is 1.34. The number of nitrogens with two attached hydrogens (primary N) is 1. The monoisotopic (exact) mass is 480 g/mol. The molecular formula is C30H32N4O2. The van der Waals surface area contributed by atoms with E-state index < -0.39 is 0 Å². The molecule has 1 amide bonds. The number of nitrogens with zero attached hydrogens (tertiary/aromatic N) is 3. The van der Waals surface area contributed by atoms with E-state index in [1.807, 2.05) is 77.5 Å². The molecule has 3 aromatic rings. The van der Waals surface area contributed by atoms with E-state index in [0.29, 0.717) is 36.2 Å². The van der Waals surface area contributed by atoms with E-state index in [1.165, 1.54) is 19.3 Å². The number of hydrogen-bond acceptors (Lipinski definition) is 5. The molecule has 0 unspecified atom stereocenters. The number of guanidine groups is 1. The third-order valence-electron chi connectivity index (χ3n) is 7.39. The number of amides is 1. The molecule has 2 N–H and O–H groups in total. The fraction of sp³-hybridized carbons (Fsp3) is 0.300. The van der Waals surface area contributed by atoms with Crippen LogP contribution in [0.1, 0.15) is 63.9 Å². The van der Waals surface area contributed by atoms with Crippen molar-refractivity contribution < 1.29 is 9.59 Å². The molecule has 184 valence electrons. The maximum atomic E-state index is 13.2. The second kappa shape index (κ2) is 10.4. The lowest BCUT2D eigenvalue weighted by Crippen LogP contribution is -2.39. The maximum absolute atomic E-state index is 13.2. The van der Waals surface area contributed by atoms with Gasteiger partial charge in [-0.1, -0.05) is 61.7 Å². The van der Waals surface area contributed by atoms with Crippen molar-refractivity contribution in [2.45, 2.75) is 51.2 Å². The molecule has 3 aromatic carbocycles. The van der Waals surface area contributed by atoms with Crippen LogP contribution in [0.25, 0.3) is 11.1 Å². The lowest BCUT2D eigenvalue weighted by atomic mass is 9.94. The number of carbonyl (C=O) groups excluding carboxylic acids is 2.